The molecule has 0 bridgehead atoms. The summed E-state index contributed by atoms with van der Waals surface area (Å²) < 4.78 is 8.41. The van der Waals surface area contributed by atoms with E-state index in [4.69, 9.17) is 15.0 Å². The number of nitriles is 1. The third kappa shape index (κ3) is 5.68. The molecule has 0 atom stereocenters. The Hall–Kier alpha value is -3.53. The molecule has 4 rings (SSSR count). The van der Waals surface area contributed by atoms with Crippen LogP contribution in [-0.4, -0.2) is 29.2 Å². The molecule has 0 fully saturated rings. The lowest BCUT2D eigenvalue weighted by Gasteiger charge is -2.17. The van der Waals surface area contributed by atoms with Crippen LogP contribution in [0.2, 0.25) is 25.7 Å². The van der Waals surface area contributed by atoms with Gasteiger partial charge in [0.1, 0.15) is 12.6 Å². The van der Waals surface area contributed by atoms with E-state index in [-0.39, 0.29) is 0 Å². The highest BCUT2D eigenvalue weighted by molar-refractivity contribution is 6.76. The van der Waals surface area contributed by atoms with Gasteiger partial charge in [0.25, 0.3) is 0 Å². The van der Waals surface area contributed by atoms with Gasteiger partial charge in [-0.15, -0.1) is 0 Å². The van der Waals surface area contributed by atoms with Gasteiger partial charge in [0.15, 0.2) is 0 Å². The number of imidazole rings is 1. The molecule has 172 valence electrons. The second-order valence-corrected chi connectivity index (χ2v) is 15.2. The lowest BCUT2D eigenvalue weighted by molar-refractivity contribution is 0.0893. The Morgan fingerprint density at radius 2 is 1.59 bits per heavy atom. The molecule has 2 aromatic carbocycles. The van der Waals surface area contributed by atoms with Gasteiger partial charge in [0, 0.05) is 43.8 Å². The van der Waals surface area contributed by atoms with Gasteiger partial charge in [-0.25, -0.2) is 4.98 Å². The molecule has 2 aromatic heterocycles. The molecule has 0 spiro atoms. The summed E-state index contributed by atoms with van der Waals surface area (Å²) in [6.07, 6.45) is 3.98. The summed E-state index contributed by atoms with van der Waals surface area (Å²) in [5, 5.41) is 9.07. The Morgan fingerprint density at radius 1 is 0.882 bits per heavy atom. The number of hydrogen-bond acceptors (Lipinski definition) is 4. The number of aromatic nitrogens is 3. The molecule has 0 saturated heterocycles. The minimum Gasteiger partial charge on any atom is -0.361 e. The standard InChI is InChI=1S/C28H30N4OSi/c1-34(2,3)20-19-33-21-32-27(24-11-9-22(10-12-24)13-16-29)26(23-14-17-30-18-15-23)31-28(32)25-7-5-4-6-8-25/h4-12,14-15,17-18H,13,19-21H2,1-3H3. The zero-order valence-electron chi connectivity index (χ0n) is 20.0. The average molecular weight is 467 g/mol. The van der Waals surface area contributed by atoms with E-state index in [1.807, 2.05) is 42.5 Å². The summed E-state index contributed by atoms with van der Waals surface area (Å²) in [6, 6.07) is 25.7. The summed E-state index contributed by atoms with van der Waals surface area (Å²) in [7, 11) is -1.20. The molecular formula is C28H30N4OSi. The lowest BCUT2D eigenvalue weighted by Crippen LogP contribution is -2.22. The van der Waals surface area contributed by atoms with Crippen molar-refractivity contribution in [2.24, 2.45) is 0 Å². The predicted molar refractivity (Wildman–Crippen MR) is 140 cm³/mol. The molecule has 0 aliphatic heterocycles. The summed E-state index contributed by atoms with van der Waals surface area (Å²) in [5.41, 5.74) is 5.97. The molecule has 4 aromatic rings. The molecule has 34 heavy (non-hydrogen) atoms. The largest absolute Gasteiger partial charge is 0.361 e. The van der Waals surface area contributed by atoms with Crippen molar-refractivity contribution in [1.82, 2.24) is 14.5 Å². The molecule has 0 unspecified atom stereocenters. The lowest BCUT2D eigenvalue weighted by atomic mass is 10.0. The average Bonchev–Trinajstić information content (AvgIpc) is 3.22. The quantitative estimate of drug-likeness (QED) is 0.204. The molecule has 6 heteroatoms. The fraction of sp³-hybridized carbons (Fsp3) is 0.250. The zero-order chi connectivity index (χ0) is 24.0. The Kier molecular flexibility index (Phi) is 7.36. The van der Waals surface area contributed by atoms with Crippen LogP contribution in [0.25, 0.3) is 33.9 Å². The fourth-order valence-corrected chi connectivity index (χ4v) is 4.55. The van der Waals surface area contributed by atoms with E-state index >= 15 is 0 Å². The third-order valence-electron chi connectivity index (χ3n) is 5.68. The number of ether oxygens (including phenoxy) is 1. The number of rotatable bonds is 9. The van der Waals surface area contributed by atoms with Crippen LogP contribution in [0.1, 0.15) is 5.56 Å². The Bertz CT molecular complexity index is 1250. The monoisotopic (exact) mass is 466 g/mol. The van der Waals surface area contributed by atoms with Crippen LogP contribution in [0.15, 0.2) is 79.1 Å². The molecule has 0 radical (unpaired) electrons. The SMILES string of the molecule is C[Si](C)(C)CCOCn1c(-c2ccccc2)nc(-c2ccncc2)c1-c1ccc(CC#N)cc1. The van der Waals surface area contributed by atoms with Crippen molar-refractivity contribution in [3.63, 3.8) is 0 Å². The highest BCUT2D eigenvalue weighted by atomic mass is 28.3. The molecule has 0 amide bonds. The molecule has 2 heterocycles. The van der Waals surface area contributed by atoms with E-state index in [2.05, 4.69) is 59.5 Å². The molecule has 0 N–H and O–H groups in total. The molecular weight excluding hydrogens is 436 g/mol. The first-order chi connectivity index (χ1) is 16.5. The molecule has 5 nitrogen and oxygen atoms in total. The zero-order valence-corrected chi connectivity index (χ0v) is 21.0. The van der Waals surface area contributed by atoms with Crippen LogP contribution in [-0.2, 0) is 17.9 Å². The first-order valence-corrected chi connectivity index (χ1v) is 15.3. The normalized spacial score (nSPS) is 11.4. The topological polar surface area (TPSA) is 63.7 Å². The van der Waals surface area contributed by atoms with Gasteiger partial charge in [-0.05, 0) is 23.7 Å². The van der Waals surface area contributed by atoms with Crippen molar-refractivity contribution in [2.45, 2.75) is 38.8 Å². The van der Waals surface area contributed by atoms with Crippen LogP contribution in [0.4, 0.5) is 0 Å². The molecule has 0 aliphatic rings. The second kappa shape index (κ2) is 10.6. The van der Waals surface area contributed by atoms with Gasteiger partial charge in [0.05, 0.1) is 23.9 Å². The Labute approximate surface area is 202 Å². The number of benzene rings is 2. The number of nitrogens with zero attached hydrogens (tertiary/aromatic N) is 4. The summed E-state index contributed by atoms with van der Waals surface area (Å²) in [6.45, 7) is 8.23. The van der Waals surface area contributed by atoms with Crippen LogP contribution in [0.3, 0.4) is 0 Å². The van der Waals surface area contributed by atoms with Gasteiger partial charge in [-0.2, -0.15) is 5.26 Å². The van der Waals surface area contributed by atoms with Gasteiger partial charge in [0.2, 0.25) is 0 Å². The summed E-state index contributed by atoms with van der Waals surface area (Å²) in [5.74, 6) is 0.872. The van der Waals surface area contributed by atoms with E-state index in [0.29, 0.717) is 13.2 Å². The minimum atomic E-state index is -1.20. The Balaban J connectivity index is 1.84. The van der Waals surface area contributed by atoms with Crippen molar-refractivity contribution in [1.29, 1.82) is 5.26 Å². The Morgan fingerprint density at radius 3 is 2.24 bits per heavy atom. The minimum absolute atomic E-state index is 0.395. The van der Waals surface area contributed by atoms with Crippen LogP contribution in [0, 0.1) is 11.3 Å². The molecule has 0 saturated carbocycles. The highest BCUT2D eigenvalue weighted by Gasteiger charge is 2.22. The van der Waals surface area contributed by atoms with Crippen LogP contribution in [0.5, 0.6) is 0 Å². The van der Waals surface area contributed by atoms with Crippen molar-refractivity contribution < 1.29 is 4.74 Å². The molecule has 0 aliphatic carbocycles. The maximum absolute atomic E-state index is 9.07. The number of hydrogen-bond donors (Lipinski definition) is 0. The first kappa shape index (κ1) is 23.6. The van der Waals surface area contributed by atoms with Gasteiger partial charge in [-0.1, -0.05) is 74.2 Å². The van der Waals surface area contributed by atoms with Gasteiger partial charge >= 0.3 is 0 Å². The highest BCUT2D eigenvalue weighted by Crippen LogP contribution is 2.36. The van der Waals surface area contributed by atoms with Crippen molar-refractivity contribution in [3.05, 3.63) is 84.7 Å². The first-order valence-electron chi connectivity index (χ1n) is 11.6. The van der Waals surface area contributed by atoms with Crippen molar-refractivity contribution in [3.8, 4) is 40.0 Å². The van der Waals surface area contributed by atoms with E-state index in [0.717, 1.165) is 52.1 Å². The van der Waals surface area contributed by atoms with Crippen molar-refractivity contribution in [2.75, 3.05) is 6.61 Å². The van der Waals surface area contributed by atoms with Gasteiger partial charge in [-0.3, -0.25) is 9.55 Å². The van der Waals surface area contributed by atoms with Crippen LogP contribution < -0.4 is 0 Å². The maximum atomic E-state index is 9.07. The van der Waals surface area contributed by atoms with E-state index in [1.54, 1.807) is 12.4 Å². The number of pyridine rings is 1. The van der Waals surface area contributed by atoms with Crippen LogP contribution >= 0.6 is 0 Å². The van der Waals surface area contributed by atoms with E-state index in [1.165, 1.54) is 0 Å². The van der Waals surface area contributed by atoms with Crippen molar-refractivity contribution >= 4 is 8.07 Å². The summed E-state index contributed by atoms with van der Waals surface area (Å²) >= 11 is 0. The maximum Gasteiger partial charge on any atom is 0.143 e. The summed E-state index contributed by atoms with van der Waals surface area (Å²) in [4.78, 5) is 9.32. The van der Waals surface area contributed by atoms with Gasteiger partial charge < -0.3 is 4.74 Å². The second-order valence-electron chi connectivity index (χ2n) is 9.54. The fourth-order valence-electron chi connectivity index (χ4n) is 3.80. The van der Waals surface area contributed by atoms with E-state index in [9.17, 15) is 0 Å². The predicted octanol–water partition coefficient (Wildman–Crippen LogP) is 6.66. The smallest absolute Gasteiger partial charge is 0.143 e. The third-order valence-corrected chi connectivity index (χ3v) is 7.38. The van der Waals surface area contributed by atoms with E-state index < -0.39 is 8.07 Å².